The van der Waals surface area contributed by atoms with Crippen molar-refractivity contribution in [3.63, 3.8) is 0 Å². The number of carbonyl (C=O) groups excluding carboxylic acids is 2. The number of ether oxygens (including phenoxy) is 2. The molecule has 7 unspecified atom stereocenters. The summed E-state index contributed by atoms with van der Waals surface area (Å²) < 4.78 is 43.8. The van der Waals surface area contributed by atoms with Crippen LogP contribution in [-0.2, 0) is 25.5 Å². The van der Waals surface area contributed by atoms with E-state index >= 15 is 8.78 Å². The van der Waals surface area contributed by atoms with Crippen LogP contribution in [-0.4, -0.2) is 64.8 Å². The molecular formula is C35H39F2NO6. The SMILES string of the molecule is CC12CC(O)[C@@]3(F)C(C[C@H](F)C4=CC(=O)C=CC43C)C1CC1OCOC12C(=O)CO.Nc1cccc(Cc2ccccc2)c1. The molecule has 9 atom stereocenters. The fourth-order valence-electron chi connectivity index (χ4n) is 9.06. The monoisotopic (exact) mass is 607 g/mol. The molecule has 234 valence electrons. The predicted octanol–water partition coefficient (Wildman–Crippen LogP) is 4.45. The van der Waals surface area contributed by atoms with Crippen LogP contribution in [0.4, 0.5) is 14.5 Å². The van der Waals surface area contributed by atoms with Gasteiger partial charge in [0.25, 0.3) is 0 Å². The average molecular weight is 608 g/mol. The molecule has 0 amide bonds. The van der Waals surface area contributed by atoms with Gasteiger partial charge in [-0.1, -0.05) is 55.5 Å². The maximum atomic E-state index is 17.0. The van der Waals surface area contributed by atoms with Gasteiger partial charge in [-0.25, -0.2) is 8.78 Å². The van der Waals surface area contributed by atoms with Crippen LogP contribution in [0.5, 0.6) is 0 Å². The van der Waals surface area contributed by atoms with Crippen molar-refractivity contribution in [3.8, 4) is 0 Å². The first-order valence-electron chi connectivity index (χ1n) is 15.1. The van der Waals surface area contributed by atoms with Gasteiger partial charge in [0.05, 0.1) is 12.2 Å². The first-order valence-corrected chi connectivity index (χ1v) is 15.1. The van der Waals surface area contributed by atoms with Gasteiger partial charge in [-0.15, -0.1) is 0 Å². The zero-order chi connectivity index (χ0) is 31.5. The van der Waals surface area contributed by atoms with E-state index in [-0.39, 0.29) is 31.6 Å². The summed E-state index contributed by atoms with van der Waals surface area (Å²) >= 11 is 0. The molecule has 5 aliphatic rings. The number of nitrogen functional groups attached to an aromatic ring is 1. The summed E-state index contributed by atoms with van der Waals surface area (Å²) in [5.41, 5.74) is 2.97. The Labute approximate surface area is 255 Å². The van der Waals surface area contributed by atoms with Crippen molar-refractivity contribution in [3.05, 3.63) is 89.5 Å². The van der Waals surface area contributed by atoms with Crippen molar-refractivity contribution < 1.29 is 38.1 Å². The van der Waals surface area contributed by atoms with E-state index in [4.69, 9.17) is 15.2 Å². The highest BCUT2D eigenvalue weighted by Gasteiger charge is 2.79. The van der Waals surface area contributed by atoms with E-state index in [9.17, 15) is 19.8 Å². The number of allylic oxidation sites excluding steroid dienone is 4. The minimum absolute atomic E-state index is 0.0586. The summed E-state index contributed by atoms with van der Waals surface area (Å²) in [6.45, 7) is 2.40. The topological polar surface area (TPSA) is 119 Å². The van der Waals surface area contributed by atoms with Crippen molar-refractivity contribution in [2.75, 3.05) is 19.1 Å². The number of aliphatic hydroxyl groups is 2. The van der Waals surface area contributed by atoms with Crippen LogP contribution in [0.2, 0.25) is 0 Å². The smallest absolute Gasteiger partial charge is 0.193 e. The summed E-state index contributed by atoms with van der Waals surface area (Å²) in [6.07, 6.45) is 0.932. The first kappa shape index (κ1) is 30.8. The van der Waals surface area contributed by atoms with Crippen molar-refractivity contribution in [2.45, 2.75) is 69.2 Å². The van der Waals surface area contributed by atoms with Gasteiger partial charge in [-0.3, -0.25) is 9.59 Å². The maximum Gasteiger partial charge on any atom is 0.193 e. The standard InChI is InChI=1S/C22H26F2O6.C13H13N/c1-19-4-3-11(26)5-14(19)15(23)6-13-12-7-18-22(17(28)9-25,30-10-29-18)20(12,2)8-16(27)21(13,19)24;14-13-8-4-7-12(10-13)9-11-5-2-1-3-6-11/h3-5,12-13,15-16,18,25,27H,6-10H2,1-2H3;1-8,10H,9,14H2/t12?,13?,15-,16?,18?,19?,20?,21-,22?;/m0./s1. The number of nitrogens with two attached hydrogens (primary N) is 1. The summed E-state index contributed by atoms with van der Waals surface area (Å²) in [5, 5.41) is 20.8. The molecule has 3 saturated carbocycles. The second-order valence-electron chi connectivity index (χ2n) is 13.2. The minimum atomic E-state index is -2.22. The van der Waals surface area contributed by atoms with Crippen molar-refractivity contribution in [1.82, 2.24) is 0 Å². The molecule has 0 aromatic heterocycles. The van der Waals surface area contributed by atoms with Crippen LogP contribution in [0.3, 0.4) is 0 Å². The van der Waals surface area contributed by atoms with Crippen molar-refractivity contribution in [1.29, 1.82) is 0 Å². The Morgan fingerprint density at radius 1 is 1.07 bits per heavy atom. The Morgan fingerprint density at radius 3 is 2.50 bits per heavy atom. The largest absolute Gasteiger partial charge is 0.399 e. The third-order valence-electron chi connectivity index (χ3n) is 11.1. The molecule has 4 aliphatic carbocycles. The Bertz CT molecular complexity index is 1510. The quantitative estimate of drug-likeness (QED) is 0.440. The number of hydrogen-bond acceptors (Lipinski definition) is 7. The second-order valence-corrected chi connectivity index (χ2v) is 13.2. The average Bonchev–Trinajstić information content (AvgIpc) is 3.53. The second kappa shape index (κ2) is 11.0. The third kappa shape index (κ3) is 4.35. The van der Waals surface area contributed by atoms with E-state index in [2.05, 4.69) is 30.3 Å². The van der Waals surface area contributed by atoms with E-state index < -0.39 is 70.5 Å². The predicted molar refractivity (Wildman–Crippen MR) is 160 cm³/mol. The molecule has 2 aromatic carbocycles. The summed E-state index contributed by atoms with van der Waals surface area (Å²) in [4.78, 5) is 24.7. The molecule has 1 aliphatic heterocycles. The van der Waals surface area contributed by atoms with Gasteiger partial charge in [0.2, 0.25) is 0 Å². The molecule has 9 heteroatoms. The highest BCUT2D eigenvalue weighted by Crippen LogP contribution is 2.71. The Hall–Kier alpha value is -3.24. The lowest BCUT2D eigenvalue weighted by Gasteiger charge is -2.63. The molecule has 1 heterocycles. The van der Waals surface area contributed by atoms with Gasteiger partial charge >= 0.3 is 0 Å². The summed E-state index contributed by atoms with van der Waals surface area (Å²) in [5.74, 6) is -2.38. The van der Waals surface area contributed by atoms with E-state index in [0.29, 0.717) is 0 Å². The molecule has 7 rings (SSSR count). The van der Waals surface area contributed by atoms with Crippen LogP contribution in [0.25, 0.3) is 0 Å². The van der Waals surface area contributed by atoms with E-state index in [1.165, 1.54) is 30.2 Å². The highest BCUT2D eigenvalue weighted by molar-refractivity contribution is 6.01. The number of rotatable bonds is 4. The number of hydrogen-bond donors (Lipinski definition) is 3. The van der Waals surface area contributed by atoms with Crippen LogP contribution >= 0.6 is 0 Å². The molecule has 44 heavy (non-hydrogen) atoms. The fourth-order valence-corrected chi connectivity index (χ4v) is 9.06. The first-order chi connectivity index (χ1) is 20.9. The van der Waals surface area contributed by atoms with Crippen LogP contribution in [0.15, 0.2) is 78.4 Å². The van der Waals surface area contributed by atoms with Crippen LogP contribution in [0.1, 0.15) is 44.2 Å². The highest BCUT2D eigenvalue weighted by atomic mass is 19.1. The zero-order valence-electron chi connectivity index (χ0n) is 24.9. The lowest BCUT2D eigenvalue weighted by atomic mass is 9.44. The summed E-state index contributed by atoms with van der Waals surface area (Å²) in [6, 6.07) is 18.4. The third-order valence-corrected chi connectivity index (χ3v) is 11.1. The minimum Gasteiger partial charge on any atom is -0.399 e. The number of carbonyl (C=O) groups is 2. The molecular weight excluding hydrogens is 568 g/mol. The van der Waals surface area contributed by atoms with Gasteiger partial charge in [0.1, 0.15) is 19.6 Å². The number of ketones is 2. The number of Topliss-reactive ketones (excluding diaryl/α,β-unsaturated/α-hetero) is 1. The number of fused-ring (bicyclic) bond motifs is 7. The fraction of sp³-hybridized carbons (Fsp3) is 0.486. The number of aliphatic hydroxyl groups excluding tert-OH is 2. The van der Waals surface area contributed by atoms with Crippen molar-refractivity contribution >= 4 is 17.3 Å². The Kier molecular flexibility index (Phi) is 7.68. The molecule has 0 radical (unpaired) electrons. The molecule has 4 fully saturated rings. The molecule has 0 bridgehead atoms. The zero-order valence-corrected chi connectivity index (χ0v) is 24.9. The Morgan fingerprint density at radius 2 is 1.80 bits per heavy atom. The number of alkyl halides is 2. The molecule has 0 spiro atoms. The lowest BCUT2D eigenvalue weighted by molar-refractivity contribution is -0.226. The molecule has 2 aromatic rings. The lowest BCUT2D eigenvalue weighted by Crippen LogP contribution is -2.70. The molecule has 7 nitrogen and oxygen atoms in total. The van der Waals surface area contributed by atoms with E-state index in [0.717, 1.165) is 18.2 Å². The molecule has 1 saturated heterocycles. The van der Waals surface area contributed by atoms with Gasteiger partial charge in [0, 0.05) is 22.4 Å². The van der Waals surface area contributed by atoms with Gasteiger partial charge in [-0.2, -0.15) is 0 Å². The Balaban J connectivity index is 0.000000205. The molecule has 4 N–H and O–H groups in total. The van der Waals surface area contributed by atoms with Gasteiger partial charge in [-0.05, 0) is 79.5 Å². The summed E-state index contributed by atoms with van der Waals surface area (Å²) in [7, 11) is 0. The number of anilines is 1. The van der Waals surface area contributed by atoms with Crippen LogP contribution in [0, 0.1) is 22.7 Å². The van der Waals surface area contributed by atoms with Gasteiger partial charge < -0.3 is 25.4 Å². The maximum absolute atomic E-state index is 17.0. The van der Waals surface area contributed by atoms with E-state index in [1.807, 2.05) is 24.3 Å². The van der Waals surface area contributed by atoms with Crippen LogP contribution < -0.4 is 5.73 Å². The number of benzene rings is 2. The normalized spacial score (nSPS) is 40.1. The van der Waals surface area contributed by atoms with Crippen molar-refractivity contribution in [2.24, 2.45) is 22.7 Å². The van der Waals surface area contributed by atoms with E-state index in [1.54, 1.807) is 6.92 Å². The van der Waals surface area contributed by atoms with Gasteiger partial charge in [0.15, 0.2) is 22.8 Å². The number of halogens is 2.